The van der Waals surface area contributed by atoms with Gasteiger partial charge in [0.05, 0.1) is 11.1 Å². The van der Waals surface area contributed by atoms with Gasteiger partial charge in [-0.1, -0.05) is 17.3 Å². The molecule has 1 heterocycles. The molecule has 2 aromatic carbocycles. The highest BCUT2D eigenvalue weighted by atomic mass is 19.1. The molecule has 0 bridgehead atoms. The van der Waals surface area contributed by atoms with E-state index in [-0.39, 0.29) is 22.8 Å². The van der Waals surface area contributed by atoms with Crippen molar-refractivity contribution in [3.8, 4) is 22.8 Å². The highest BCUT2D eigenvalue weighted by Gasteiger charge is 2.20. The van der Waals surface area contributed by atoms with E-state index in [9.17, 15) is 14.3 Å². The van der Waals surface area contributed by atoms with Crippen LogP contribution < -0.4 is 0 Å². The first kappa shape index (κ1) is 16.8. The zero-order valence-corrected chi connectivity index (χ0v) is 14.3. The fourth-order valence-corrected chi connectivity index (χ4v) is 2.80. The molecule has 0 aliphatic heterocycles. The van der Waals surface area contributed by atoms with Gasteiger partial charge in [0.15, 0.2) is 0 Å². The number of hydrogen-bond acceptors (Lipinski definition) is 4. The molecule has 25 heavy (non-hydrogen) atoms. The number of carbonyl (C=O) groups is 1. The van der Waals surface area contributed by atoms with Crippen LogP contribution in [0, 0.1) is 33.5 Å². The van der Waals surface area contributed by atoms with Crippen molar-refractivity contribution in [2.24, 2.45) is 0 Å². The van der Waals surface area contributed by atoms with Gasteiger partial charge in [-0.3, -0.25) is 0 Å². The van der Waals surface area contributed by atoms with E-state index in [1.807, 2.05) is 13.8 Å². The third-order valence-corrected chi connectivity index (χ3v) is 4.37. The average Bonchev–Trinajstić information content (AvgIpc) is 3.00. The second-order valence-corrected chi connectivity index (χ2v) is 6.07. The number of carboxylic acid groups (broad SMARTS) is 1. The van der Waals surface area contributed by atoms with E-state index in [4.69, 9.17) is 4.52 Å². The van der Waals surface area contributed by atoms with Crippen LogP contribution in [-0.4, -0.2) is 21.2 Å². The Morgan fingerprint density at radius 3 is 2.48 bits per heavy atom. The maximum absolute atomic E-state index is 14.2. The zero-order valence-electron chi connectivity index (χ0n) is 14.3. The third-order valence-electron chi connectivity index (χ3n) is 4.37. The zero-order chi connectivity index (χ0) is 18.3. The Morgan fingerprint density at radius 1 is 1.08 bits per heavy atom. The molecular formula is C19H17FN2O3. The highest BCUT2D eigenvalue weighted by molar-refractivity contribution is 5.91. The highest BCUT2D eigenvalue weighted by Crippen LogP contribution is 2.31. The van der Waals surface area contributed by atoms with E-state index >= 15 is 0 Å². The van der Waals surface area contributed by atoms with Crippen molar-refractivity contribution in [2.45, 2.75) is 27.7 Å². The molecule has 0 amide bonds. The normalized spacial score (nSPS) is 10.9. The number of aromatic carboxylic acids is 1. The van der Waals surface area contributed by atoms with Gasteiger partial charge < -0.3 is 9.63 Å². The van der Waals surface area contributed by atoms with Gasteiger partial charge >= 0.3 is 5.97 Å². The van der Waals surface area contributed by atoms with Crippen LogP contribution in [0.1, 0.15) is 32.6 Å². The van der Waals surface area contributed by atoms with Crippen molar-refractivity contribution in [1.82, 2.24) is 10.1 Å². The Hall–Kier alpha value is -3.02. The topological polar surface area (TPSA) is 76.2 Å². The monoisotopic (exact) mass is 340 g/mol. The van der Waals surface area contributed by atoms with Crippen LogP contribution in [0.2, 0.25) is 0 Å². The van der Waals surface area contributed by atoms with Crippen LogP contribution >= 0.6 is 0 Å². The summed E-state index contributed by atoms with van der Waals surface area (Å²) in [6.45, 7) is 7.23. The van der Waals surface area contributed by atoms with Gasteiger partial charge in [-0.15, -0.1) is 0 Å². The fraction of sp³-hybridized carbons (Fsp3) is 0.211. The minimum Gasteiger partial charge on any atom is -0.478 e. The van der Waals surface area contributed by atoms with Gasteiger partial charge in [0, 0.05) is 5.56 Å². The average molecular weight is 340 g/mol. The molecule has 5 nitrogen and oxygen atoms in total. The van der Waals surface area contributed by atoms with Crippen LogP contribution in [0.3, 0.4) is 0 Å². The minimum atomic E-state index is -1.02. The molecule has 3 rings (SSSR count). The molecule has 0 radical (unpaired) electrons. The molecule has 3 aromatic rings. The van der Waals surface area contributed by atoms with Crippen molar-refractivity contribution in [3.05, 3.63) is 57.9 Å². The number of halogens is 1. The van der Waals surface area contributed by atoms with Gasteiger partial charge in [-0.25, -0.2) is 9.18 Å². The molecule has 0 saturated heterocycles. The smallest absolute Gasteiger partial charge is 0.335 e. The predicted octanol–water partition coefficient (Wildman–Crippen LogP) is 4.47. The summed E-state index contributed by atoms with van der Waals surface area (Å²) in [7, 11) is 0. The Kier molecular flexibility index (Phi) is 4.12. The lowest BCUT2D eigenvalue weighted by atomic mass is 9.99. The largest absolute Gasteiger partial charge is 0.478 e. The molecule has 0 saturated carbocycles. The van der Waals surface area contributed by atoms with E-state index in [1.54, 1.807) is 26.0 Å². The minimum absolute atomic E-state index is 0.0746. The van der Waals surface area contributed by atoms with Gasteiger partial charge in [0.25, 0.3) is 5.89 Å². The first-order chi connectivity index (χ1) is 11.8. The van der Waals surface area contributed by atoms with Crippen LogP contribution in [-0.2, 0) is 0 Å². The summed E-state index contributed by atoms with van der Waals surface area (Å²) in [5.41, 5.74) is 4.09. The molecule has 1 aromatic heterocycles. The Morgan fingerprint density at radius 2 is 1.80 bits per heavy atom. The SMILES string of the molecule is Cc1cc(C)c(-c2noc(-c3c(F)ccc(C)c3C)n2)cc1C(=O)O. The molecule has 128 valence electrons. The summed E-state index contributed by atoms with van der Waals surface area (Å²) in [5, 5.41) is 13.2. The number of benzene rings is 2. The number of aromatic nitrogens is 2. The van der Waals surface area contributed by atoms with Crippen LogP contribution in [0.15, 0.2) is 28.8 Å². The van der Waals surface area contributed by atoms with Crippen LogP contribution in [0.25, 0.3) is 22.8 Å². The van der Waals surface area contributed by atoms with Gasteiger partial charge in [0.1, 0.15) is 5.82 Å². The predicted molar refractivity (Wildman–Crippen MR) is 91.0 cm³/mol. The number of carboxylic acids is 1. The van der Waals surface area contributed by atoms with Crippen LogP contribution in [0.5, 0.6) is 0 Å². The first-order valence-corrected chi connectivity index (χ1v) is 7.74. The molecule has 0 fully saturated rings. The maximum atomic E-state index is 14.2. The quantitative estimate of drug-likeness (QED) is 0.761. The lowest BCUT2D eigenvalue weighted by Crippen LogP contribution is -2.01. The van der Waals surface area contributed by atoms with Gasteiger partial charge in [-0.05, 0) is 62.1 Å². The van der Waals surface area contributed by atoms with Crippen molar-refractivity contribution < 1.29 is 18.8 Å². The van der Waals surface area contributed by atoms with E-state index in [2.05, 4.69) is 10.1 Å². The summed E-state index contributed by atoms with van der Waals surface area (Å²) in [6.07, 6.45) is 0. The van der Waals surface area contributed by atoms with E-state index in [1.165, 1.54) is 12.1 Å². The lowest BCUT2D eigenvalue weighted by Gasteiger charge is -2.07. The summed E-state index contributed by atoms with van der Waals surface area (Å²) < 4.78 is 19.5. The number of aryl methyl sites for hydroxylation is 3. The van der Waals surface area contributed by atoms with Gasteiger partial charge in [0.2, 0.25) is 5.82 Å². The molecule has 0 unspecified atom stereocenters. The van der Waals surface area contributed by atoms with Crippen molar-refractivity contribution in [2.75, 3.05) is 0 Å². The fourth-order valence-electron chi connectivity index (χ4n) is 2.80. The van der Waals surface area contributed by atoms with Crippen LogP contribution in [0.4, 0.5) is 4.39 Å². The summed E-state index contributed by atoms with van der Waals surface area (Å²) in [6, 6.07) is 6.32. The summed E-state index contributed by atoms with van der Waals surface area (Å²) in [4.78, 5) is 15.6. The van der Waals surface area contributed by atoms with E-state index < -0.39 is 11.8 Å². The molecule has 0 spiro atoms. The molecule has 0 aliphatic rings. The second kappa shape index (κ2) is 6.12. The third kappa shape index (κ3) is 2.91. The molecule has 0 atom stereocenters. The molecule has 1 N–H and O–H groups in total. The first-order valence-electron chi connectivity index (χ1n) is 7.74. The van der Waals surface area contributed by atoms with Crippen molar-refractivity contribution in [1.29, 1.82) is 0 Å². The number of nitrogens with zero attached hydrogens (tertiary/aromatic N) is 2. The molecule has 6 heteroatoms. The Labute approximate surface area is 144 Å². The second-order valence-electron chi connectivity index (χ2n) is 6.07. The number of rotatable bonds is 3. The number of hydrogen-bond donors (Lipinski definition) is 1. The maximum Gasteiger partial charge on any atom is 0.335 e. The van der Waals surface area contributed by atoms with Crippen molar-refractivity contribution in [3.63, 3.8) is 0 Å². The van der Waals surface area contributed by atoms with E-state index in [0.29, 0.717) is 11.1 Å². The lowest BCUT2D eigenvalue weighted by molar-refractivity contribution is 0.0696. The molecule has 0 aliphatic carbocycles. The Balaban J connectivity index is 2.14. The van der Waals surface area contributed by atoms with E-state index in [0.717, 1.165) is 16.7 Å². The van der Waals surface area contributed by atoms with Gasteiger partial charge in [-0.2, -0.15) is 4.98 Å². The Bertz CT molecular complexity index is 993. The summed E-state index contributed by atoms with van der Waals surface area (Å²) in [5.74, 6) is -1.16. The summed E-state index contributed by atoms with van der Waals surface area (Å²) >= 11 is 0. The molecular weight excluding hydrogens is 323 g/mol. The standard InChI is InChI=1S/C19H17FN2O3/c1-9-5-6-15(20)16(12(9)4)18-21-17(22-25-18)13-8-14(19(23)24)11(3)7-10(13)2/h5-8H,1-4H3,(H,23,24). The van der Waals surface area contributed by atoms with Crippen molar-refractivity contribution >= 4 is 5.97 Å².